The van der Waals surface area contributed by atoms with Crippen LogP contribution in [-0.2, 0) is 0 Å². The third-order valence-electron chi connectivity index (χ3n) is 4.51. The zero-order valence-electron chi connectivity index (χ0n) is 12.9. The van der Waals surface area contributed by atoms with Crippen LogP contribution in [0.3, 0.4) is 0 Å². The third-order valence-corrected chi connectivity index (χ3v) is 4.51. The van der Waals surface area contributed by atoms with Gasteiger partial charge in [0.05, 0.1) is 23.4 Å². The lowest BCUT2D eigenvalue weighted by Gasteiger charge is -2.07. The Kier molecular flexibility index (Phi) is 2.54. The largest absolute Gasteiger partial charge is 0.493 e. The molecule has 0 unspecified atom stereocenters. The first-order valence-corrected chi connectivity index (χ1v) is 7.71. The molecule has 2 aromatic heterocycles. The SMILES string of the molecule is COc1cc2c3ccccc3[nH]c2c2c(=O)c3ccccc3oc12. The number of benzene rings is 3. The first-order valence-electron chi connectivity index (χ1n) is 7.71. The van der Waals surface area contributed by atoms with Crippen LogP contribution in [0.1, 0.15) is 0 Å². The third kappa shape index (κ3) is 1.60. The van der Waals surface area contributed by atoms with Crippen LogP contribution in [0.5, 0.6) is 5.75 Å². The second-order valence-electron chi connectivity index (χ2n) is 5.80. The van der Waals surface area contributed by atoms with Gasteiger partial charge in [-0.15, -0.1) is 0 Å². The predicted molar refractivity (Wildman–Crippen MR) is 95.9 cm³/mol. The molecular weight excluding hydrogens is 302 g/mol. The Bertz CT molecular complexity index is 1310. The van der Waals surface area contributed by atoms with E-state index < -0.39 is 0 Å². The molecule has 0 radical (unpaired) electrons. The standard InChI is InChI=1S/C20H13NO3/c1-23-16-10-13-11-6-2-4-8-14(11)21-18(13)17-19(22)12-7-3-5-9-15(12)24-20(16)17/h2-10,21H,1H3. The molecule has 0 saturated heterocycles. The molecule has 4 nitrogen and oxygen atoms in total. The molecule has 24 heavy (non-hydrogen) atoms. The fourth-order valence-corrected chi connectivity index (χ4v) is 3.40. The van der Waals surface area contributed by atoms with Crippen molar-refractivity contribution in [2.45, 2.75) is 0 Å². The molecule has 0 spiro atoms. The lowest BCUT2D eigenvalue weighted by Crippen LogP contribution is -2.03. The second-order valence-corrected chi connectivity index (χ2v) is 5.80. The highest BCUT2D eigenvalue weighted by molar-refractivity contribution is 6.18. The van der Waals surface area contributed by atoms with Crippen molar-refractivity contribution in [1.82, 2.24) is 4.98 Å². The first-order chi connectivity index (χ1) is 11.8. The lowest BCUT2D eigenvalue weighted by atomic mass is 10.1. The van der Waals surface area contributed by atoms with E-state index in [1.807, 2.05) is 42.5 Å². The van der Waals surface area contributed by atoms with Crippen molar-refractivity contribution in [2.24, 2.45) is 0 Å². The molecule has 2 heterocycles. The Morgan fingerprint density at radius 1 is 0.958 bits per heavy atom. The monoisotopic (exact) mass is 315 g/mol. The zero-order valence-corrected chi connectivity index (χ0v) is 12.9. The van der Waals surface area contributed by atoms with E-state index in [1.54, 1.807) is 19.2 Å². The number of H-pyrrole nitrogens is 1. The summed E-state index contributed by atoms with van der Waals surface area (Å²) in [7, 11) is 1.59. The van der Waals surface area contributed by atoms with Crippen LogP contribution in [-0.4, -0.2) is 12.1 Å². The summed E-state index contributed by atoms with van der Waals surface area (Å²) >= 11 is 0. The van der Waals surface area contributed by atoms with Crippen LogP contribution >= 0.6 is 0 Å². The first kappa shape index (κ1) is 13.2. The molecule has 4 heteroatoms. The minimum Gasteiger partial charge on any atom is -0.493 e. The van der Waals surface area contributed by atoms with Crippen molar-refractivity contribution in [1.29, 1.82) is 0 Å². The molecule has 0 aliphatic heterocycles. The number of para-hydroxylation sites is 2. The number of rotatable bonds is 1. The number of hydrogen-bond acceptors (Lipinski definition) is 3. The fourth-order valence-electron chi connectivity index (χ4n) is 3.40. The molecule has 0 saturated carbocycles. The van der Waals surface area contributed by atoms with Crippen molar-refractivity contribution in [3.63, 3.8) is 0 Å². The summed E-state index contributed by atoms with van der Waals surface area (Å²) in [5, 5.41) is 3.11. The predicted octanol–water partition coefficient (Wildman–Crippen LogP) is 4.59. The maximum atomic E-state index is 13.1. The highest BCUT2D eigenvalue weighted by Crippen LogP contribution is 2.36. The Hall–Kier alpha value is -3.27. The quantitative estimate of drug-likeness (QED) is 0.460. The average Bonchev–Trinajstić information content (AvgIpc) is 2.99. The van der Waals surface area contributed by atoms with Crippen LogP contribution in [0.2, 0.25) is 0 Å². The van der Waals surface area contributed by atoms with Gasteiger partial charge >= 0.3 is 0 Å². The van der Waals surface area contributed by atoms with Crippen LogP contribution < -0.4 is 10.2 Å². The Morgan fingerprint density at radius 2 is 1.71 bits per heavy atom. The van der Waals surface area contributed by atoms with E-state index in [1.165, 1.54) is 0 Å². The highest BCUT2D eigenvalue weighted by Gasteiger charge is 2.18. The summed E-state index contributed by atoms with van der Waals surface area (Å²) in [5.74, 6) is 0.560. The number of ether oxygens (including phenoxy) is 1. The van der Waals surface area contributed by atoms with E-state index in [0.29, 0.717) is 27.7 Å². The number of aromatic amines is 1. The molecule has 0 atom stereocenters. The van der Waals surface area contributed by atoms with Gasteiger partial charge in [0.15, 0.2) is 11.3 Å². The molecule has 116 valence electrons. The van der Waals surface area contributed by atoms with Crippen molar-refractivity contribution < 1.29 is 9.15 Å². The minimum atomic E-state index is -0.0534. The van der Waals surface area contributed by atoms with Gasteiger partial charge in [0.1, 0.15) is 5.58 Å². The fraction of sp³-hybridized carbons (Fsp3) is 0.0500. The van der Waals surface area contributed by atoms with Gasteiger partial charge in [-0.3, -0.25) is 4.79 Å². The molecule has 0 amide bonds. The molecule has 5 aromatic rings. The molecule has 1 N–H and O–H groups in total. The summed E-state index contributed by atoms with van der Waals surface area (Å²) in [6.07, 6.45) is 0. The van der Waals surface area contributed by atoms with E-state index in [9.17, 15) is 4.79 Å². The van der Waals surface area contributed by atoms with Gasteiger partial charge < -0.3 is 14.1 Å². The molecule has 0 aliphatic carbocycles. The zero-order chi connectivity index (χ0) is 16.3. The van der Waals surface area contributed by atoms with Gasteiger partial charge in [-0.05, 0) is 24.3 Å². The Morgan fingerprint density at radius 3 is 2.54 bits per heavy atom. The van der Waals surface area contributed by atoms with Crippen LogP contribution in [0.25, 0.3) is 43.7 Å². The molecule has 0 aliphatic rings. The van der Waals surface area contributed by atoms with Crippen LogP contribution in [0.4, 0.5) is 0 Å². The normalized spacial score (nSPS) is 11.7. The molecule has 3 aromatic carbocycles. The number of methoxy groups -OCH3 is 1. The minimum absolute atomic E-state index is 0.0534. The van der Waals surface area contributed by atoms with Crippen molar-refractivity contribution in [2.75, 3.05) is 7.11 Å². The average molecular weight is 315 g/mol. The van der Waals surface area contributed by atoms with Crippen LogP contribution in [0.15, 0.2) is 63.8 Å². The van der Waals surface area contributed by atoms with Gasteiger partial charge in [-0.2, -0.15) is 0 Å². The molecular formula is C20H13NO3. The summed E-state index contributed by atoms with van der Waals surface area (Å²) in [5.41, 5.74) is 2.74. The second kappa shape index (κ2) is 4.61. The van der Waals surface area contributed by atoms with E-state index >= 15 is 0 Å². The van der Waals surface area contributed by atoms with Crippen molar-refractivity contribution >= 4 is 43.7 Å². The van der Waals surface area contributed by atoms with Crippen molar-refractivity contribution in [3.8, 4) is 5.75 Å². The summed E-state index contributed by atoms with van der Waals surface area (Å²) < 4.78 is 11.5. The molecule has 5 rings (SSSR count). The summed E-state index contributed by atoms with van der Waals surface area (Å²) in [6.45, 7) is 0. The maximum Gasteiger partial charge on any atom is 0.202 e. The highest BCUT2D eigenvalue weighted by atomic mass is 16.5. The summed E-state index contributed by atoms with van der Waals surface area (Å²) in [4.78, 5) is 16.5. The smallest absolute Gasteiger partial charge is 0.202 e. The number of fused-ring (bicyclic) bond motifs is 6. The van der Waals surface area contributed by atoms with E-state index in [0.717, 1.165) is 21.8 Å². The van der Waals surface area contributed by atoms with Gasteiger partial charge in [0, 0.05) is 16.3 Å². The molecule has 0 bridgehead atoms. The number of nitrogens with one attached hydrogen (secondary N) is 1. The van der Waals surface area contributed by atoms with E-state index in [2.05, 4.69) is 4.98 Å². The van der Waals surface area contributed by atoms with Gasteiger partial charge in [0.25, 0.3) is 0 Å². The van der Waals surface area contributed by atoms with Crippen LogP contribution in [0, 0.1) is 0 Å². The Labute approximate surface area is 136 Å². The summed E-state index contributed by atoms with van der Waals surface area (Å²) in [6, 6.07) is 17.2. The topological polar surface area (TPSA) is 55.2 Å². The van der Waals surface area contributed by atoms with Gasteiger partial charge in [-0.1, -0.05) is 30.3 Å². The lowest BCUT2D eigenvalue weighted by molar-refractivity contribution is 0.412. The number of aromatic nitrogens is 1. The van der Waals surface area contributed by atoms with Gasteiger partial charge in [0.2, 0.25) is 5.43 Å². The Balaban J connectivity index is 2.14. The number of hydrogen-bond donors (Lipinski definition) is 1. The van der Waals surface area contributed by atoms with Crippen molar-refractivity contribution in [3.05, 3.63) is 64.8 Å². The maximum absolute atomic E-state index is 13.1. The van der Waals surface area contributed by atoms with E-state index in [-0.39, 0.29) is 5.43 Å². The van der Waals surface area contributed by atoms with Gasteiger partial charge in [-0.25, -0.2) is 0 Å². The molecule has 0 fully saturated rings. The van der Waals surface area contributed by atoms with E-state index in [4.69, 9.17) is 9.15 Å².